The standard InChI is InChI=1S/C16H28N2O2/c1-12(14-2-3-14)18(15-4-5-15)16(20)10-17-8-6-13(11-19)7-9-17/h12-15,19H,2-11H2,1H3. The lowest BCUT2D eigenvalue weighted by molar-refractivity contribution is -0.136. The van der Waals surface area contributed by atoms with Gasteiger partial charge in [-0.1, -0.05) is 0 Å². The topological polar surface area (TPSA) is 43.8 Å². The van der Waals surface area contributed by atoms with Gasteiger partial charge in [0.15, 0.2) is 0 Å². The molecule has 20 heavy (non-hydrogen) atoms. The van der Waals surface area contributed by atoms with Gasteiger partial charge in [-0.15, -0.1) is 0 Å². The molecule has 114 valence electrons. The molecule has 0 radical (unpaired) electrons. The number of amides is 1. The first-order valence-electron chi connectivity index (χ1n) is 8.33. The molecule has 0 aromatic carbocycles. The van der Waals surface area contributed by atoms with E-state index in [1.54, 1.807) is 0 Å². The van der Waals surface area contributed by atoms with Crippen LogP contribution in [0.5, 0.6) is 0 Å². The first-order chi connectivity index (χ1) is 9.69. The normalized spacial score (nSPS) is 26.5. The first-order valence-corrected chi connectivity index (χ1v) is 8.33. The minimum atomic E-state index is 0.300. The molecule has 2 saturated carbocycles. The van der Waals surface area contributed by atoms with Crippen LogP contribution in [0.4, 0.5) is 0 Å². The van der Waals surface area contributed by atoms with Crippen molar-refractivity contribution in [1.29, 1.82) is 0 Å². The van der Waals surface area contributed by atoms with Gasteiger partial charge in [0, 0.05) is 18.7 Å². The van der Waals surface area contributed by atoms with Crippen LogP contribution in [0.2, 0.25) is 0 Å². The molecular formula is C16H28N2O2. The summed E-state index contributed by atoms with van der Waals surface area (Å²) >= 11 is 0. The summed E-state index contributed by atoms with van der Waals surface area (Å²) in [5, 5.41) is 9.18. The molecule has 1 saturated heterocycles. The SMILES string of the molecule is CC(C1CC1)N(C(=O)CN1CCC(CO)CC1)C1CC1. The second-order valence-corrected chi connectivity index (χ2v) is 7.01. The number of likely N-dealkylation sites (tertiary alicyclic amines) is 1. The summed E-state index contributed by atoms with van der Waals surface area (Å²) < 4.78 is 0. The Morgan fingerprint density at radius 1 is 1.20 bits per heavy atom. The van der Waals surface area contributed by atoms with E-state index in [1.807, 2.05) is 0 Å². The largest absolute Gasteiger partial charge is 0.396 e. The molecule has 1 amide bonds. The Morgan fingerprint density at radius 2 is 1.85 bits per heavy atom. The number of piperidine rings is 1. The Bertz CT molecular complexity index is 344. The van der Waals surface area contributed by atoms with Gasteiger partial charge in [-0.25, -0.2) is 0 Å². The lowest BCUT2D eigenvalue weighted by Gasteiger charge is -2.35. The lowest BCUT2D eigenvalue weighted by atomic mass is 9.98. The molecule has 0 bridgehead atoms. The van der Waals surface area contributed by atoms with Gasteiger partial charge in [-0.05, 0) is 70.4 Å². The molecule has 0 aromatic heterocycles. The van der Waals surface area contributed by atoms with E-state index in [9.17, 15) is 9.90 Å². The Labute approximate surface area is 122 Å². The van der Waals surface area contributed by atoms with Crippen molar-refractivity contribution < 1.29 is 9.90 Å². The van der Waals surface area contributed by atoms with Gasteiger partial charge in [0.05, 0.1) is 6.54 Å². The van der Waals surface area contributed by atoms with Crippen molar-refractivity contribution in [3.8, 4) is 0 Å². The smallest absolute Gasteiger partial charge is 0.237 e. The van der Waals surface area contributed by atoms with Crippen LogP contribution in [0, 0.1) is 11.8 Å². The molecule has 4 nitrogen and oxygen atoms in total. The van der Waals surface area contributed by atoms with Gasteiger partial charge in [-0.2, -0.15) is 0 Å². The van der Waals surface area contributed by atoms with Crippen LogP contribution in [0.3, 0.4) is 0 Å². The maximum absolute atomic E-state index is 12.7. The van der Waals surface area contributed by atoms with E-state index < -0.39 is 0 Å². The summed E-state index contributed by atoms with van der Waals surface area (Å²) in [6, 6.07) is 0.984. The summed E-state index contributed by atoms with van der Waals surface area (Å²) in [6.07, 6.45) is 7.08. The third kappa shape index (κ3) is 3.34. The monoisotopic (exact) mass is 280 g/mol. The van der Waals surface area contributed by atoms with Crippen LogP contribution >= 0.6 is 0 Å². The minimum absolute atomic E-state index is 0.300. The molecule has 3 fully saturated rings. The van der Waals surface area contributed by atoms with Crippen LogP contribution in [-0.2, 0) is 4.79 Å². The fourth-order valence-corrected chi connectivity index (χ4v) is 3.52. The number of carbonyl (C=O) groups is 1. The average Bonchev–Trinajstić information content (AvgIpc) is 3.31. The molecule has 2 aliphatic carbocycles. The molecule has 3 rings (SSSR count). The van der Waals surface area contributed by atoms with Crippen molar-refractivity contribution in [2.75, 3.05) is 26.2 Å². The molecule has 1 N–H and O–H groups in total. The zero-order chi connectivity index (χ0) is 14.1. The number of rotatable bonds is 6. The van der Waals surface area contributed by atoms with Crippen LogP contribution in [0.25, 0.3) is 0 Å². The van der Waals surface area contributed by atoms with E-state index in [0.717, 1.165) is 31.8 Å². The van der Waals surface area contributed by atoms with Crippen molar-refractivity contribution in [1.82, 2.24) is 9.80 Å². The molecule has 0 aromatic rings. The molecule has 1 aliphatic heterocycles. The number of carbonyl (C=O) groups excluding carboxylic acids is 1. The fraction of sp³-hybridized carbons (Fsp3) is 0.938. The van der Waals surface area contributed by atoms with Gasteiger partial charge < -0.3 is 10.0 Å². The maximum Gasteiger partial charge on any atom is 0.237 e. The highest BCUT2D eigenvalue weighted by atomic mass is 16.3. The number of nitrogens with zero attached hydrogens (tertiary/aromatic N) is 2. The molecule has 1 atom stereocenters. The molecule has 3 aliphatic rings. The second-order valence-electron chi connectivity index (χ2n) is 7.01. The third-order valence-electron chi connectivity index (χ3n) is 5.30. The van der Waals surface area contributed by atoms with Crippen LogP contribution in [-0.4, -0.2) is 59.1 Å². The Balaban J connectivity index is 1.51. The zero-order valence-electron chi connectivity index (χ0n) is 12.6. The highest BCUT2D eigenvalue weighted by Crippen LogP contribution is 2.39. The summed E-state index contributed by atoms with van der Waals surface area (Å²) in [5.41, 5.74) is 0. The van der Waals surface area contributed by atoms with Crippen molar-refractivity contribution >= 4 is 5.91 Å². The summed E-state index contributed by atoms with van der Waals surface area (Å²) in [6.45, 7) is 5.06. The van der Waals surface area contributed by atoms with Gasteiger partial charge in [0.2, 0.25) is 5.91 Å². The molecule has 1 heterocycles. The minimum Gasteiger partial charge on any atom is -0.396 e. The van der Waals surface area contributed by atoms with Crippen LogP contribution in [0.1, 0.15) is 45.4 Å². The number of aliphatic hydroxyl groups is 1. The van der Waals surface area contributed by atoms with E-state index in [-0.39, 0.29) is 0 Å². The van der Waals surface area contributed by atoms with Gasteiger partial charge >= 0.3 is 0 Å². The van der Waals surface area contributed by atoms with Crippen molar-refractivity contribution in [2.24, 2.45) is 11.8 Å². The fourth-order valence-electron chi connectivity index (χ4n) is 3.52. The van der Waals surface area contributed by atoms with Crippen molar-refractivity contribution in [3.05, 3.63) is 0 Å². The first kappa shape index (κ1) is 14.3. The predicted octanol–water partition coefficient (Wildman–Crippen LogP) is 1.48. The Hall–Kier alpha value is -0.610. The maximum atomic E-state index is 12.7. The quantitative estimate of drug-likeness (QED) is 0.801. The van der Waals surface area contributed by atoms with Gasteiger partial charge in [0.1, 0.15) is 0 Å². The van der Waals surface area contributed by atoms with E-state index in [4.69, 9.17) is 0 Å². The highest BCUT2D eigenvalue weighted by Gasteiger charge is 2.41. The van der Waals surface area contributed by atoms with Crippen LogP contribution < -0.4 is 0 Å². The summed E-state index contributed by atoms with van der Waals surface area (Å²) in [7, 11) is 0. The number of aliphatic hydroxyl groups excluding tert-OH is 1. The van der Waals surface area contributed by atoms with Crippen molar-refractivity contribution in [3.63, 3.8) is 0 Å². The molecule has 0 spiro atoms. The molecular weight excluding hydrogens is 252 g/mol. The van der Waals surface area contributed by atoms with E-state index in [2.05, 4.69) is 16.7 Å². The zero-order valence-corrected chi connectivity index (χ0v) is 12.6. The Morgan fingerprint density at radius 3 is 2.35 bits per heavy atom. The molecule has 1 unspecified atom stereocenters. The lowest BCUT2D eigenvalue weighted by Crippen LogP contribution is -2.48. The van der Waals surface area contributed by atoms with Gasteiger partial charge in [0.25, 0.3) is 0 Å². The summed E-state index contributed by atoms with van der Waals surface area (Å²) in [5.74, 6) is 1.56. The van der Waals surface area contributed by atoms with Crippen molar-refractivity contribution in [2.45, 2.75) is 57.5 Å². The van der Waals surface area contributed by atoms with Crippen LogP contribution in [0.15, 0.2) is 0 Å². The average molecular weight is 280 g/mol. The molecule has 4 heteroatoms. The van der Waals surface area contributed by atoms with E-state index in [0.29, 0.717) is 37.1 Å². The predicted molar refractivity (Wildman–Crippen MR) is 78.3 cm³/mol. The number of hydrogen-bond acceptors (Lipinski definition) is 3. The summed E-state index contributed by atoms with van der Waals surface area (Å²) in [4.78, 5) is 17.1. The number of hydrogen-bond donors (Lipinski definition) is 1. The Kier molecular flexibility index (Phi) is 4.32. The highest BCUT2D eigenvalue weighted by molar-refractivity contribution is 5.79. The van der Waals surface area contributed by atoms with Gasteiger partial charge in [-0.3, -0.25) is 9.69 Å². The second kappa shape index (κ2) is 6.02. The third-order valence-corrected chi connectivity index (χ3v) is 5.30. The van der Waals surface area contributed by atoms with E-state index >= 15 is 0 Å². The van der Waals surface area contributed by atoms with E-state index in [1.165, 1.54) is 25.7 Å².